The van der Waals surface area contributed by atoms with Crippen LogP contribution >= 0.6 is 23.2 Å². The second-order valence-corrected chi connectivity index (χ2v) is 15.6. The molecule has 8 aromatic rings. The molecule has 56 heavy (non-hydrogen) atoms. The Morgan fingerprint density at radius 3 is 1.55 bits per heavy atom. The van der Waals surface area contributed by atoms with Crippen molar-refractivity contribution in [3.8, 4) is 22.3 Å². The van der Waals surface area contributed by atoms with Gasteiger partial charge >= 0.3 is 0 Å². The maximum absolute atomic E-state index is 6.87. The van der Waals surface area contributed by atoms with Crippen LogP contribution in [0, 0.1) is 0 Å². The third-order valence-corrected chi connectivity index (χ3v) is 12.4. The fourth-order valence-electron chi connectivity index (χ4n) is 9.58. The van der Waals surface area contributed by atoms with E-state index in [9.17, 15) is 0 Å². The molecule has 0 amide bonds. The standard InChI is InChI=1S/C52H32Cl2N2/c53-39-26-21-34(22-27-39)33-19-23-37(24-20-33)51(44-17-9-10-18-47(44)55-49(51)35-11-3-1-4-12-35)38-25-30-45-48(31-38)56-50(36-13-5-2-6-14-36)52(45)43-16-8-7-15-41(43)42-29-28-40(54)32-46(42)52/h1-32H. The summed E-state index contributed by atoms with van der Waals surface area (Å²) in [6, 6.07) is 68.8. The van der Waals surface area contributed by atoms with Crippen LogP contribution in [-0.2, 0) is 10.8 Å². The van der Waals surface area contributed by atoms with Gasteiger partial charge in [0.25, 0.3) is 0 Å². The average molecular weight is 756 g/mol. The van der Waals surface area contributed by atoms with E-state index in [4.69, 9.17) is 33.2 Å². The summed E-state index contributed by atoms with van der Waals surface area (Å²) in [4.78, 5) is 11.1. The van der Waals surface area contributed by atoms with Crippen LogP contribution in [0.1, 0.15) is 44.5 Å². The van der Waals surface area contributed by atoms with E-state index in [2.05, 4.69) is 176 Å². The lowest BCUT2D eigenvalue weighted by Gasteiger charge is -2.35. The monoisotopic (exact) mass is 754 g/mol. The number of hydrogen-bond acceptors (Lipinski definition) is 2. The lowest BCUT2D eigenvalue weighted by atomic mass is 9.64. The zero-order chi connectivity index (χ0) is 37.4. The maximum atomic E-state index is 6.87. The molecule has 1 aliphatic carbocycles. The molecule has 0 saturated heterocycles. The molecule has 8 aromatic carbocycles. The lowest BCUT2D eigenvalue weighted by Crippen LogP contribution is -2.37. The zero-order valence-electron chi connectivity index (χ0n) is 30.1. The van der Waals surface area contributed by atoms with Crippen LogP contribution in [0.4, 0.5) is 11.4 Å². The first-order valence-corrected chi connectivity index (χ1v) is 19.6. The fraction of sp³-hybridized carbons (Fsp3) is 0.0385. The van der Waals surface area contributed by atoms with Gasteiger partial charge in [-0.2, -0.15) is 0 Å². The normalized spacial score (nSPS) is 18.5. The molecule has 2 aliphatic heterocycles. The van der Waals surface area contributed by atoms with E-state index in [-0.39, 0.29) is 0 Å². The second-order valence-electron chi connectivity index (χ2n) is 14.7. The Morgan fingerprint density at radius 2 is 0.839 bits per heavy atom. The van der Waals surface area contributed by atoms with Gasteiger partial charge in [-0.25, -0.2) is 0 Å². The second kappa shape index (κ2) is 12.6. The summed E-state index contributed by atoms with van der Waals surface area (Å²) in [5.74, 6) is 0. The predicted octanol–water partition coefficient (Wildman–Crippen LogP) is 13.6. The van der Waals surface area contributed by atoms with Crippen molar-refractivity contribution in [2.75, 3.05) is 0 Å². The van der Waals surface area contributed by atoms with Gasteiger partial charge in [0.2, 0.25) is 0 Å². The molecule has 2 atom stereocenters. The molecule has 3 aliphatic rings. The van der Waals surface area contributed by atoms with Gasteiger partial charge in [-0.15, -0.1) is 0 Å². The SMILES string of the molecule is Clc1ccc(-c2ccc(C3(c4ccc5c(c4)N=C(c4ccccc4)C54c5ccccc5-c5ccc(Cl)cc54)C(c4ccccc4)=Nc4ccccc43)cc2)cc1. The largest absolute Gasteiger partial charge is 0.251 e. The smallest absolute Gasteiger partial charge is 0.0913 e. The molecule has 0 radical (unpaired) electrons. The first kappa shape index (κ1) is 33.1. The van der Waals surface area contributed by atoms with Crippen molar-refractivity contribution in [1.29, 1.82) is 0 Å². The third-order valence-electron chi connectivity index (χ3n) is 11.9. The molecule has 11 rings (SSSR count). The summed E-state index contributed by atoms with van der Waals surface area (Å²) < 4.78 is 0. The van der Waals surface area contributed by atoms with Crippen molar-refractivity contribution in [3.05, 3.63) is 249 Å². The van der Waals surface area contributed by atoms with E-state index in [1.54, 1.807) is 0 Å². The minimum atomic E-state index is -0.738. The number of aliphatic imine (C=N–C) groups is 2. The average Bonchev–Trinajstić information content (AvgIpc) is 3.89. The Bertz CT molecular complexity index is 2910. The molecule has 0 fully saturated rings. The van der Waals surface area contributed by atoms with Crippen LogP contribution in [0.5, 0.6) is 0 Å². The summed E-state index contributed by atoms with van der Waals surface area (Å²) in [5, 5.41) is 1.43. The highest BCUT2D eigenvalue weighted by atomic mass is 35.5. The Balaban J connectivity index is 1.20. The Labute approximate surface area is 336 Å². The molecule has 0 N–H and O–H groups in total. The minimum Gasteiger partial charge on any atom is -0.251 e. The highest BCUT2D eigenvalue weighted by Gasteiger charge is 2.54. The van der Waals surface area contributed by atoms with Crippen molar-refractivity contribution in [2.45, 2.75) is 10.8 Å². The molecule has 0 aromatic heterocycles. The van der Waals surface area contributed by atoms with Crippen LogP contribution in [-0.4, -0.2) is 11.4 Å². The van der Waals surface area contributed by atoms with Crippen molar-refractivity contribution in [2.24, 2.45) is 9.98 Å². The molecule has 1 spiro atoms. The molecule has 0 bridgehead atoms. The van der Waals surface area contributed by atoms with Crippen LogP contribution in [0.3, 0.4) is 0 Å². The number of rotatable bonds is 5. The minimum absolute atomic E-state index is 0.649. The van der Waals surface area contributed by atoms with E-state index < -0.39 is 10.8 Å². The molecule has 0 saturated carbocycles. The summed E-state index contributed by atoms with van der Waals surface area (Å²) in [6.07, 6.45) is 0. The first-order chi connectivity index (χ1) is 27.6. The summed E-state index contributed by atoms with van der Waals surface area (Å²) >= 11 is 13.1. The number of hydrogen-bond donors (Lipinski definition) is 0. The zero-order valence-corrected chi connectivity index (χ0v) is 31.6. The van der Waals surface area contributed by atoms with E-state index in [1.807, 2.05) is 18.2 Å². The number of para-hydroxylation sites is 1. The highest BCUT2D eigenvalue weighted by Crippen LogP contribution is 2.61. The van der Waals surface area contributed by atoms with Crippen LogP contribution in [0.15, 0.2) is 204 Å². The Kier molecular flexibility index (Phi) is 7.44. The molecule has 2 unspecified atom stereocenters. The van der Waals surface area contributed by atoms with Gasteiger partial charge in [-0.3, -0.25) is 9.98 Å². The Morgan fingerprint density at radius 1 is 0.321 bits per heavy atom. The first-order valence-electron chi connectivity index (χ1n) is 18.9. The topological polar surface area (TPSA) is 24.7 Å². The van der Waals surface area contributed by atoms with E-state index in [1.165, 1.54) is 16.7 Å². The predicted molar refractivity (Wildman–Crippen MR) is 232 cm³/mol. The van der Waals surface area contributed by atoms with Crippen molar-refractivity contribution >= 4 is 46.0 Å². The molecular weight excluding hydrogens is 723 g/mol. The van der Waals surface area contributed by atoms with Gasteiger partial charge in [0.1, 0.15) is 0 Å². The third kappa shape index (κ3) is 4.64. The van der Waals surface area contributed by atoms with Gasteiger partial charge in [0.05, 0.1) is 33.6 Å². The van der Waals surface area contributed by atoms with E-state index >= 15 is 0 Å². The van der Waals surface area contributed by atoms with Crippen LogP contribution in [0.2, 0.25) is 10.0 Å². The number of benzene rings is 8. The molecular formula is C52H32Cl2N2. The molecule has 2 heterocycles. The van der Waals surface area contributed by atoms with E-state index in [0.29, 0.717) is 5.02 Å². The van der Waals surface area contributed by atoms with Crippen molar-refractivity contribution < 1.29 is 0 Å². The Hall–Kier alpha value is -6.32. The van der Waals surface area contributed by atoms with Gasteiger partial charge < -0.3 is 0 Å². The number of halogens is 2. The number of nitrogens with zero attached hydrogens (tertiary/aromatic N) is 2. The van der Waals surface area contributed by atoms with Crippen molar-refractivity contribution in [1.82, 2.24) is 0 Å². The number of fused-ring (bicyclic) bond motifs is 8. The van der Waals surface area contributed by atoms with Crippen LogP contribution < -0.4 is 0 Å². The highest BCUT2D eigenvalue weighted by molar-refractivity contribution is 6.31. The summed E-state index contributed by atoms with van der Waals surface area (Å²) in [6.45, 7) is 0. The quantitative estimate of drug-likeness (QED) is 0.167. The summed E-state index contributed by atoms with van der Waals surface area (Å²) in [5.41, 5.74) is 16.2. The van der Waals surface area contributed by atoms with Gasteiger partial charge in [-0.05, 0) is 103 Å². The van der Waals surface area contributed by atoms with Crippen molar-refractivity contribution in [3.63, 3.8) is 0 Å². The molecule has 4 heteroatoms. The lowest BCUT2D eigenvalue weighted by molar-refractivity contribution is 0.843. The van der Waals surface area contributed by atoms with Gasteiger partial charge in [-0.1, -0.05) is 181 Å². The molecule has 2 nitrogen and oxygen atoms in total. The fourth-order valence-corrected chi connectivity index (χ4v) is 9.88. The van der Waals surface area contributed by atoms with Crippen LogP contribution in [0.25, 0.3) is 22.3 Å². The van der Waals surface area contributed by atoms with Gasteiger partial charge in [0, 0.05) is 10.0 Å². The molecule has 264 valence electrons. The summed E-state index contributed by atoms with van der Waals surface area (Å²) in [7, 11) is 0. The van der Waals surface area contributed by atoms with E-state index in [0.717, 1.165) is 77.9 Å². The maximum Gasteiger partial charge on any atom is 0.0913 e. The van der Waals surface area contributed by atoms with Gasteiger partial charge in [0.15, 0.2) is 0 Å².